The van der Waals surface area contributed by atoms with E-state index in [1.165, 1.54) is 22.6 Å². The summed E-state index contributed by atoms with van der Waals surface area (Å²) in [7, 11) is -7.86. The smallest absolute Gasteiger partial charge is 0.207 e. The summed E-state index contributed by atoms with van der Waals surface area (Å²) in [4.78, 5) is 0.213. The SMILES string of the molecule is C/C=C/C=C/CN(C(C)c1cn(S(=O)(=O)c2ccc(C)cc2)nn1)S(=O)(=O)c1ccc(C)cc1. The number of hydrogen-bond acceptors (Lipinski definition) is 6. The normalized spacial score (nSPS) is 13.8. The maximum atomic E-state index is 13.5. The molecule has 0 aliphatic carbocycles. The lowest BCUT2D eigenvalue weighted by Crippen LogP contribution is -2.34. The van der Waals surface area contributed by atoms with E-state index in [4.69, 9.17) is 0 Å². The van der Waals surface area contributed by atoms with Gasteiger partial charge in [-0.3, -0.25) is 0 Å². The minimum atomic E-state index is -3.96. The van der Waals surface area contributed by atoms with E-state index in [9.17, 15) is 16.8 Å². The molecule has 1 atom stereocenters. The molecule has 1 aromatic heterocycles. The van der Waals surface area contributed by atoms with Gasteiger partial charge in [0, 0.05) is 6.54 Å². The van der Waals surface area contributed by atoms with Gasteiger partial charge in [0.05, 0.1) is 22.0 Å². The lowest BCUT2D eigenvalue weighted by Gasteiger charge is -2.26. The van der Waals surface area contributed by atoms with E-state index in [1.807, 2.05) is 26.8 Å². The monoisotopic (exact) mass is 500 g/mol. The molecule has 0 N–H and O–H groups in total. The molecular formula is C24H28N4O4S2. The zero-order valence-corrected chi connectivity index (χ0v) is 21.2. The van der Waals surface area contributed by atoms with Crippen LogP contribution in [0.3, 0.4) is 0 Å². The lowest BCUT2D eigenvalue weighted by molar-refractivity contribution is 0.364. The van der Waals surface area contributed by atoms with Crippen LogP contribution in [0.15, 0.2) is 88.8 Å². The van der Waals surface area contributed by atoms with Gasteiger partial charge >= 0.3 is 0 Å². The van der Waals surface area contributed by atoms with E-state index < -0.39 is 26.1 Å². The predicted octanol–water partition coefficient (Wildman–Crippen LogP) is 4.02. The van der Waals surface area contributed by atoms with Crippen molar-refractivity contribution in [3.05, 3.63) is 95.9 Å². The largest absolute Gasteiger partial charge is 0.284 e. The molecule has 3 rings (SSSR count). The maximum absolute atomic E-state index is 13.5. The molecule has 8 nitrogen and oxygen atoms in total. The Kier molecular flexibility index (Phi) is 7.86. The number of aryl methyl sites for hydroxylation is 2. The number of nitrogens with zero attached hydrogens (tertiary/aromatic N) is 4. The number of rotatable bonds is 9. The number of aromatic nitrogens is 3. The van der Waals surface area contributed by atoms with Crippen molar-refractivity contribution in [3.8, 4) is 0 Å². The summed E-state index contributed by atoms with van der Waals surface area (Å²) in [6.45, 7) is 7.32. The predicted molar refractivity (Wildman–Crippen MR) is 131 cm³/mol. The van der Waals surface area contributed by atoms with Crippen LogP contribution in [0.5, 0.6) is 0 Å². The third-order valence-corrected chi connectivity index (χ3v) is 8.76. The zero-order chi connectivity index (χ0) is 24.9. The summed E-state index contributed by atoms with van der Waals surface area (Å²) >= 11 is 0. The van der Waals surface area contributed by atoms with E-state index in [0.717, 1.165) is 15.2 Å². The number of sulfonamides is 1. The molecule has 1 heterocycles. The average Bonchev–Trinajstić information content (AvgIpc) is 3.30. The van der Waals surface area contributed by atoms with Crippen molar-refractivity contribution in [1.82, 2.24) is 18.7 Å². The quantitative estimate of drug-likeness (QED) is 0.411. The van der Waals surface area contributed by atoms with Gasteiger partial charge in [-0.05, 0) is 52.0 Å². The van der Waals surface area contributed by atoms with Crippen molar-refractivity contribution in [1.29, 1.82) is 0 Å². The highest BCUT2D eigenvalue weighted by molar-refractivity contribution is 7.90. The molecule has 2 aromatic carbocycles. The summed E-state index contributed by atoms with van der Waals surface area (Å²) in [6, 6.07) is 12.2. The van der Waals surface area contributed by atoms with E-state index in [2.05, 4.69) is 10.3 Å². The second-order valence-electron chi connectivity index (χ2n) is 7.85. The van der Waals surface area contributed by atoms with Gasteiger partial charge in [0.25, 0.3) is 10.0 Å². The lowest BCUT2D eigenvalue weighted by atomic mass is 10.2. The summed E-state index contributed by atoms with van der Waals surface area (Å²) < 4.78 is 54.9. The fourth-order valence-electron chi connectivity index (χ4n) is 3.20. The van der Waals surface area contributed by atoms with Gasteiger partial charge < -0.3 is 0 Å². The Morgan fingerprint density at radius 2 is 1.47 bits per heavy atom. The fourth-order valence-corrected chi connectivity index (χ4v) is 5.83. The standard InChI is InChI=1S/C24H28N4O4S2/c1-5-6-7-8-17-27(33(29,30)22-13-9-19(2)10-14-22)21(4)24-18-28(26-25-24)34(31,32)23-15-11-20(3)12-16-23/h5-16,18,21H,17H2,1-4H3/b6-5+,8-7+. The van der Waals surface area contributed by atoms with Crippen LogP contribution in [0.1, 0.15) is 36.7 Å². The Balaban J connectivity index is 1.98. The molecular weight excluding hydrogens is 472 g/mol. The van der Waals surface area contributed by atoms with Crippen molar-refractivity contribution in [2.24, 2.45) is 0 Å². The van der Waals surface area contributed by atoms with Gasteiger partial charge in [-0.25, -0.2) is 8.42 Å². The molecule has 180 valence electrons. The summed E-state index contributed by atoms with van der Waals surface area (Å²) in [5.41, 5.74) is 2.08. The molecule has 0 aliphatic heterocycles. The molecule has 0 aliphatic rings. The second-order valence-corrected chi connectivity index (χ2v) is 11.5. The van der Waals surface area contributed by atoms with Crippen LogP contribution < -0.4 is 0 Å². The first-order valence-corrected chi connectivity index (χ1v) is 13.6. The van der Waals surface area contributed by atoms with Gasteiger partial charge in [-0.2, -0.15) is 12.7 Å². The van der Waals surface area contributed by atoms with Crippen LogP contribution in [0.4, 0.5) is 0 Å². The molecule has 0 amide bonds. The molecule has 3 aromatic rings. The molecule has 0 fully saturated rings. The van der Waals surface area contributed by atoms with E-state index in [0.29, 0.717) is 0 Å². The molecule has 0 spiro atoms. The van der Waals surface area contributed by atoms with Crippen LogP contribution in [-0.2, 0) is 20.0 Å². The molecule has 0 bridgehead atoms. The highest BCUT2D eigenvalue weighted by Gasteiger charge is 2.31. The third kappa shape index (κ3) is 5.52. The van der Waals surface area contributed by atoms with Gasteiger partial charge in [0.2, 0.25) is 10.0 Å². The van der Waals surface area contributed by atoms with Gasteiger partial charge in [0.1, 0.15) is 5.69 Å². The van der Waals surface area contributed by atoms with E-state index in [-0.39, 0.29) is 22.0 Å². The van der Waals surface area contributed by atoms with Gasteiger partial charge in [-0.15, -0.1) is 9.19 Å². The van der Waals surface area contributed by atoms with Crippen LogP contribution in [0.2, 0.25) is 0 Å². The Morgan fingerprint density at radius 1 is 0.912 bits per heavy atom. The summed E-state index contributed by atoms with van der Waals surface area (Å²) in [6.07, 6.45) is 8.36. The minimum Gasteiger partial charge on any atom is -0.207 e. The summed E-state index contributed by atoms with van der Waals surface area (Å²) in [5.74, 6) is 0. The number of allylic oxidation sites excluding steroid dienone is 3. The number of hydrogen-bond donors (Lipinski definition) is 0. The molecule has 34 heavy (non-hydrogen) atoms. The van der Waals surface area contributed by atoms with E-state index >= 15 is 0 Å². The highest BCUT2D eigenvalue weighted by Crippen LogP contribution is 2.27. The first-order valence-electron chi connectivity index (χ1n) is 10.7. The third-order valence-electron chi connectivity index (χ3n) is 5.27. The molecule has 1 unspecified atom stereocenters. The van der Waals surface area contributed by atoms with Crippen molar-refractivity contribution >= 4 is 20.0 Å². The first-order chi connectivity index (χ1) is 16.1. The van der Waals surface area contributed by atoms with Crippen LogP contribution >= 0.6 is 0 Å². The number of benzene rings is 2. The van der Waals surface area contributed by atoms with Gasteiger partial charge in [-0.1, -0.05) is 64.9 Å². The van der Waals surface area contributed by atoms with Crippen LogP contribution in [0, 0.1) is 13.8 Å². The fraction of sp³-hybridized carbons (Fsp3) is 0.250. The second kappa shape index (κ2) is 10.5. The molecule has 10 heteroatoms. The van der Waals surface area contributed by atoms with Gasteiger partial charge in [0.15, 0.2) is 0 Å². The van der Waals surface area contributed by atoms with Crippen molar-refractivity contribution in [2.45, 2.75) is 43.5 Å². The topological polar surface area (TPSA) is 102 Å². The highest BCUT2D eigenvalue weighted by atomic mass is 32.2. The van der Waals surface area contributed by atoms with Crippen molar-refractivity contribution in [3.63, 3.8) is 0 Å². The Bertz CT molecular complexity index is 1390. The summed E-state index contributed by atoms with van der Waals surface area (Å²) in [5, 5.41) is 7.80. The average molecular weight is 501 g/mol. The Morgan fingerprint density at radius 3 is 2.03 bits per heavy atom. The molecule has 0 saturated carbocycles. The maximum Gasteiger partial charge on any atom is 0.284 e. The zero-order valence-electron chi connectivity index (χ0n) is 19.5. The van der Waals surface area contributed by atoms with Crippen LogP contribution in [-0.4, -0.2) is 42.1 Å². The first kappa shape index (κ1) is 25.5. The Labute approximate surface area is 201 Å². The minimum absolute atomic E-state index is 0.0687. The van der Waals surface area contributed by atoms with Crippen LogP contribution in [0.25, 0.3) is 0 Å². The molecule has 0 saturated heterocycles. The van der Waals surface area contributed by atoms with Crippen molar-refractivity contribution in [2.75, 3.05) is 6.54 Å². The molecule has 0 radical (unpaired) electrons. The van der Waals surface area contributed by atoms with Crippen molar-refractivity contribution < 1.29 is 16.8 Å². The Hall–Kier alpha value is -3.08. The van der Waals surface area contributed by atoms with E-state index in [1.54, 1.807) is 61.5 Å².